The molecule has 2 saturated heterocycles. The predicted molar refractivity (Wildman–Crippen MR) is 57.3 cm³/mol. The molecule has 3 unspecified atom stereocenters. The highest BCUT2D eigenvalue weighted by molar-refractivity contribution is 4.89. The largest absolute Gasteiger partial charge is 0.395 e. The second kappa shape index (κ2) is 4.60. The van der Waals surface area contributed by atoms with Gasteiger partial charge in [-0.1, -0.05) is 0 Å². The van der Waals surface area contributed by atoms with Crippen molar-refractivity contribution in [3.8, 4) is 0 Å². The highest BCUT2D eigenvalue weighted by Crippen LogP contribution is 2.26. The van der Waals surface area contributed by atoms with Crippen LogP contribution in [0.5, 0.6) is 0 Å². The fourth-order valence-electron chi connectivity index (χ4n) is 2.83. The first-order valence-corrected chi connectivity index (χ1v) is 5.90. The third-order valence-corrected chi connectivity index (χ3v) is 3.61. The van der Waals surface area contributed by atoms with Gasteiger partial charge in [-0.05, 0) is 45.7 Å². The number of aliphatic hydroxyl groups excluding tert-OH is 1. The molecule has 0 aliphatic carbocycles. The molecule has 0 amide bonds. The first kappa shape index (κ1) is 10.4. The Labute approximate surface area is 86.5 Å². The van der Waals surface area contributed by atoms with Crippen molar-refractivity contribution in [1.29, 1.82) is 0 Å². The van der Waals surface area contributed by atoms with Crippen LogP contribution in [0.15, 0.2) is 0 Å². The molecule has 3 nitrogen and oxygen atoms in total. The molecule has 14 heavy (non-hydrogen) atoms. The van der Waals surface area contributed by atoms with E-state index in [1.807, 2.05) is 0 Å². The van der Waals surface area contributed by atoms with E-state index in [4.69, 9.17) is 5.11 Å². The molecule has 0 radical (unpaired) electrons. The van der Waals surface area contributed by atoms with Crippen LogP contribution in [0.3, 0.4) is 0 Å². The van der Waals surface area contributed by atoms with Gasteiger partial charge in [-0.3, -0.25) is 0 Å². The van der Waals surface area contributed by atoms with E-state index < -0.39 is 0 Å². The van der Waals surface area contributed by atoms with Crippen molar-refractivity contribution in [2.75, 3.05) is 19.7 Å². The second-order valence-corrected chi connectivity index (χ2v) is 4.80. The van der Waals surface area contributed by atoms with Crippen molar-refractivity contribution >= 4 is 0 Å². The second-order valence-electron chi connectivity index (χ2n) is 4.80. The molecule has 0 aromatic rings. The van der Waals surface area contributed by atoms with Gasteiger partial charge in [0, 0.05) is 18.1 Å². The number of aliphatic hydroxyl groups is 1. The van der Waals surface area contributed by atoms with Crippen molar-refractivity contribution in [1.82, 2.24) is 10.2 Å². The van der Waals surface area contributed by atoms with Crippen LogP contribution >= 0.6 is 0 Å². The Hall–Kier alpha value is -0.120. The minimum Gasteiger partial charge on any atom is -0.395 e. The molecule has 0 spiro atoms. The van der Waals surface area contributed by atoms with Crippen LogP contribution < -0.4 is 5.32 Å². The van der Waals surface area contributed by atoms with E-state index in [1.54, 1.807) is 0 Å². The maximum atomic E-state index is 8.98. The summed E-state index contributed by atoms with van der Waals surface area (Å²) in [6.45, 7) is 4.87. The Morgan fingerprint density at radius 1 is 1.43 bits per heavy atom. The molecule has 2 heterocycles. The quantitative estimate of drug-likeness (QED) is 0.696. The minimum absolute atomic E-state index is 0.255. The maximum absolute atomic E-state index is 8.98. The van der Waals surface area contributed by atoms with Crippen LogP contribution in [0, 0.1) is 0 Å². The summed E-state index contributed by atoms with van der Waals surface area (Å²) >= 11 is 0. The average molecular weight is 198 g/mol. The van der Waals surface area contributed by atoms with Gasteiger partial charge in [0.25, 0.3) is 0 Å². The molecule has 2 fully saturated rings. The number of hydrogen-bond donors (Lipinski definition) is 2. The highest BCUT2D eigenvalue weighted by Gasteiger charge is 2.31. The maximum Gasteiger partial charge on any atom is 0.0582 e. The van der Waals surface area contributed by atoms with Crippen LogP contribution in [0.25, 0.3) is 0 Å². The van der Waals surface area contributed by atoms with Crippen LogP contribution in [0.2, 0.25) is 0 Å². The van der Waals surface area contributed by atoms with E-state index in [1.165, 1.54) is 38.8 Å². The van der Waals surface area contributed by atoms with E-state index in [0.29, 0.717) is 6.04 Å². The number of hydrogen-bond acceptors (Lipinski definition) is 3. The molecule has 0 saturated carbocycles. The molecule has 2 aliphatic heterocycles. The summed E-state index contributed by atoms with van der Waals surface area (Å²) in [5, 5.41) is 12.5. The van der Waals surface area contributed by atoms with E-state index in [2.05, 4.69) is 17.1 Å². The molecular weight excluding hydrogens is 176 g/mol. The van der Waals surface area contributed by atoms with E-state index >= 15 is 0 Å². The third-order valence-electron chi connectivity index (χ3n) is 3.61. The number of nitrogens with one attached hydrogen (secondary N) is 1. The Morgan fingerprint density at radius 3 is 3.07 bits per heavy atom. The van der Waals surface area contributed by atoms with E-state index in [0.717, 1.165) is 6.04 Å². The number of rotatable bonds is 3. The summed E-state index contributed by atoms with van der Waals surface area (Å²) in [5.74, 6) is 0. The molecule has 0 aromatic carbocycles. The Morgan fingerprint density at radius 2 is 2.29 bits per heavy atom. The number of nitrogens with zero attached hydrogens (tertiary/aromatic N) is 1. The van der Waals surface area contributed by atoms with Crippen molar-refractivity contribution < 1.29 is 5.11 Å². The number of piperidine rings is 1. The smallest absolute Gasteiger partial charge is 0.0582 e. The van der Waals surface area contributed by atoms with Gasteiger partial charge in [-0.2, -0.15) is 0 Å². The van der Waals surface area contributed by atoms with E-state index in [-0.39, 0.29) is 12.6 Å². The molecule has 82 valence electrons. The molecule has 0 aromatic heterocycles. The SMILES string of the molecule is CC(CO)NC1CCN2CCCC2C1. The molecule has 2 N–H and O–H groups in total. The Kier molecular flexibility index (Phi) is 3.42. The summed E-state index contributed by atoms with van der Waals surface area (Å²) in [5.41, 5.74) is 0. The topological polar surface area (TPSA) is 35.5 Å². The number of fused-ring (bicyclic) bond motifs is 1. The Bertz CT molecular complexity index is 186. The lowest BCUT2D eigenvalue weighted by atomic mass is 9.97. The normalized spacial score (nSPS) is 35.6. The molecule has 2 rings (SSSR count). The summed E-state index contributed by atoms with van der Waals surface area (Å²) in [6, 6.07) is 1.72. The van der Waals surface area contributed by atoms with Crippen molar-refractivity contribution in [2.45, 2.75) is 50.7 Å². The van der Waals surface area contributed by atoms with Gasteiger partial charge < -0.3 is 15.3 Å². The average Bonchev–Trinajstić information content (AvgIpc) is 2.64. The minimum atomic E-state index is 0.255. The van der Waals surface area contributed by atoms with Gasteiger partial charge in [0.15, 0.2) is 0 Å². The monoisotopic (exact) mass is 198 g/mol. The first-order valence-electron chi connectivity index (χ1n) is 5.90. The molecular formula is C11H22N2O. The first-order chi connectivity index (χ1) is 6.79. The molecule has 2 aliphatic rings. The Balaban J connectivity index is 1.79. The van der Waals surface area contributed by atoms with Gasteiger partial charge in [0.05, 0.1) is 6.61 Å². The van der Waals surface area contributed by atoms with Crippen LogP contribution in [-0.2, 0) is 0 Å². The summed E-state index contributed by atoms with van der Waals surface area (Å²) < 4.78 is 0. The van der Waals surface area contributed by atoms with Crippen molar-refractivity contribution in [3.63, 3.8) is 0 Å². The summed E-state index contributed by atoms with van der Waals surface area (Å²) in [4.78, 5) is 2.63. The van der Waals surface area contributed by atoms with Crippen molar-refractivity contribution in [2.24, 2.45) is 0 Å². The fourth-order valence-corrected chi connectivity index (χ4v) is 2.83. The molecule has 0 bridgehead atoms. The van der Waals surface area contributed by atoms with Gasteiger partial charge in [-0.15, -0.1) is 0 Å². The van der Waals surface area contributed by atoms with Crippen molar-refractivity contribution in [3.05, 3.63) is 0 Å². The van der Waals surface area contributed by atoms with Gasteiger partial charge in [0.2, 0.25) is 0 Å². The van der Waals surface area contributed by atoms with Crippen LogP contribution in [0.4, 0.5) is 0 Å². The zero-order chi connectivity index (χ0) is 9.97. The van der Waals surface area contributed by atoms with Gasteiger partial charge >= 0.3 is 0 Å². The summed E-state index contributed by atoms with van der Waals surface area (Å²) in [7, 11) is 0. The lowest BCUT2D eigenvalue weighted by Gasteiger charge is -2.36. The van der Waals surface area contributed by atoms with Crippen LogP contribution in [0.1, 0.15) is 32.6 Å². The van der Waals surface area contributed by atoms with Gasteiger partial charge in [0.1, 0.15) is 0 Å². The van der Waals surface area contributed by atoms with Gasteiger partial charge in [-0.25, -0.2) is 0 Å². The van der Waals surface area contributed by atoms with Crippen LogP contribution in [-0.4, -0.2) is 47.8 Å². The third kappa shape index (κ3) is 2.27. The predicted octanol–water partition coefficient (Wildman–Crippen LogP) is 0.584. The molecule has 3 heteroatoms. The fraction of sp³-hybridized carbons (Fsp3) is 1.00. The zero-order valence-corrected chi connectivity index (χ0v) is 9.08. The standard InChI is InChI=1S/C11H22N2O/c1-9(8-14)12-10-4-6-13-5-2-3-11(13)7-10/h9-12,14H,2-8H2,1H3. The highest BCUT2D eigenvalue weighted by atomic mass is 16.3. The lowest BCUT2D eigenvalue weighted by molar-refractivity contribution is 0.151. The zero-order valence-electron chi connectivity index (χ0n) is 9.08. The lowest BCUT2D eigenvalue weighted by Crippen LogP contribution is -2.48. The van der Waals surface area contributed by atoms with E-state index in [9.17, 15) is 0 Å². The molecule has 3 atom stereocenters. The summed E-state index contributed by atoms with van der Waals surface area (Å²) in [6.07, 6.45) is 5.30.